The third kappa shape index (κ3) is 5.18. The number of halogens is 1. The third-order valence-corrected chi connectivity index (χ3v) is 6.07. The fraction of sp³-hybridized carbons (Fsp3) is 0.455. The highest BCUT2D eigenvalue weighted by Crippen LogP contribution is 2.36. The van der Waals surface area contributed by atoms with Crippen LogP contribution < -0.4 is 4.74 Å². The van der Waals surface area contributed by atoms with Crippen LogP contribution in [0.3, 0.4) is 0 Å². The minimum Gasteiger partial charge on any atom is -0.494 e. The maximum Gasteiger partial charge on any atom is 0.119 e. The molecule has 2 aromatic carbocycles. The molecule has 0 N–H and O–H groups in total. The fourth-order valence-corrected chi connectivity index (χ4v) is 4.47. The van der Waals surface area contributed by atoms with E-state index < -0.39 is 0 Å². The van der Waals surface area contributed by atoms with Crippen LogP contribution >= 0.6 is 23.4 Å². The lowest BCUT2D eigenvalue weighted by molar-refractivity contribution is -0.00509. The van der Waals surface area contributed by atoms with Crippen LogP contribution in [0.5, 0.6) is 5.75 Å². The Morgan fingerprint density at radius 1 is 1.12 bits per heavy atom. The number of hydrogen-bond donors (Lipinski definition) is 0. The lowest BCUT2D eigenvalue weighted by Crippen LogP contribution is -2.20. The average molecular weight is 391 g/mol. The maximum atomic E-state index is 6.47. The molecule has 4 heteroatoms. The van der Waals surface area contributed by atoms with Crippen molar-refractivity contribution in [2.75, 3.05) is 12.4 Å². The number of rotatable bonds is 7. The molecule has 26 heavy (non-hydrogen) atoms. The topological polar surface area (TPSA) is 18.5 Å². The van der Waals surface area contributed by atoms with E-state index in [1.165, 1.54) is 17.5 Å². The Labute approximate surface area is 166 Å². The summed E-state index contributed by atoms with van der Waals surface area (Å²) in [4.78, 5) is 0. The van der Waals surface area contributed by atoms with Crippen molar-refractivity contribution in [2.24, 2.45) is 0 Å². The second kappa shape index (κ2) is 9.68. The molecule has 2 atom stereocenters. The smallest absolute Gasteiger partial charge is 0.119 e. The van der Waals surface area contributed by atoms with Gasteiger partial charge in [0.1, 0.15) is 11.2 Å². The Bertz CT molecular complexity index is 700. The standard InChI is InChI=1S/C22H27ClO2S/c1-3-24-19-11-8-16(9-12-19)14-18-15-17(10-13-20(18)23)21-6-5-7-22(25-21)26-4-2/h8-13,15,21-22H,3-7,14H2,1-2H3. The molecule has 0 aromatic heterocycles. The predicted molar refractivity (Wildman–Crippen MR) is 111 cm³/mol. The molecule has 0 spiro atoms. The Hall–Kier alpha value is -1.16. The van der Waals surface area contributed by atoms with Gasteiger partial charge >= 0.3 is 0 Å². The second-order valence-corrected chi connectivity index (χ2v) is 8.39. The van der Waals surface area contributed by atoms with Gasteiger partial charge in [-0.2, -0.15) is 0 Å². The summed E-state index contributed by atoms with van der Waals surface area (Å²) in [5, 5.41) is 0.818. The first-order chi connectivity index (χ1) is 12.7. The molecule has 1 saturated heterocycles. The van der Waals surface area contributed by atoms with E-state index in [0.717, 1.165) is 41.4 Å². The first kappa shape index (κ1) is 19.6. The number of ether oxygens (including phenoxy) is 2. The zero-order valence-corrected chi connectivity index (χ0v) is 17.1. The molecule has 2 nitrogen and oxygen atoms in total. The number of benzene rings is 2. The molecule has 0 bridgehead atoms. The molecule has 2 aromatic rings. The summed E-state index contributed by atoms with van der Waals surface area (Å²) >= 11 is 8.38. The SMILES string of the molecule is CCOc1ccc(Cc2cc(C3CCCC(SCC)O3)ccc2Cl)cc1. The van der Waals surface area contributed by atoms with Gasteiger partial charge in [-0.05, 0) is 73.2 Å². The van der Waals surface area contributed by atoms with Crippen molar-refractivity contribution in [2.45, 2.75) is 51.1 Å². The lowest BCUT2D eigenvalue weighted by Gasteiger charge is -2.30. The average Bonchev–Trinajstić information content (AvgIpc) is 2.66. The van der Waals surface area contributed by atoms with Crippen molar-refractivity contribution in [3.8, 4) is 5.75 Å². The van der Waals surface area contributed by atoms with Gasteiger partial charge in [-0.3, -0.25) is 0 Å². The van der Waals surface area contributed by atoms with Gasteiger partial charge in [0, 0.05) is 5.02 Å². The largest absolute Gasteiger partial charge is 0.494 e. The molecule has 0 aliphatic carbocycles. The van der Waals surface area contributed by atoms with E-state index in [0.29, 0.717) is 12.0 Å². The zero-order chi connectivity index (χ0) is 18.4. The van der Waals surface area contributed by atoms with Crippen molar-refractivity contribution in [1.29, 1.82) is 0 Å². The van der Waals surface area contributed by atoms with E-state index >= 15 is 0 Å². The van der Waals surface area contributed by atoms with Gasteiger partial charge in [-0.1, -0.05) is 42.8 Å². The van der Waals surface area contributed by atoms with Crippen LogP contribution in [-0.2, 0) is 11.2 Å². The summed E-state index contributed by atoms with van der Waals surface area (Å²) in [5.74, 6) is 2.01. The monoisotopic (exact) mass is 390 g/mol. The molecule has 140 valence electrons. The predicted octanol–water partition coefficient (Wildman–Crippen LogP) is 6.65. The Morgan fingerprint density at radius 3 is 2.65 bits per heavy atom. The first-order valence-corrected chi connectivity index (χ1v) is 10.9. The van der Waals surface area contributed by atoms with Crippen molar-refractivity contribution in [3.63, 3.8) is 0 Å². The van der Waals surface area contributed by atoms with Crippen molar-refractivity contribution < 1.29 is 9.47 Å². The molecule has 3 rings (SSSR count). The van der Waals surface area contributed by atoms with E-state index in [9.17, 15) is 0 Å². The van der Waals surface area contributed by atoms with Crippen LogP contribution in [0.25, 0.3) is 0 Å². The summed E-state index contributed by atoms with van der Waals surface area (Å²) in [6.45, 7) is 4.87. The quantitative estimate of drug-likeness (QED) is 0.527. The molecule has 1 aliphatic heterocycles. The van der Waals surface area contributed by atoms with Crippen LogP contribution in [0, 0.1) is 0 Å². The molecule has 1 heterocycles. The van der Waals surface area contributed by atoms with E-state index in [2.05, 4.69) is 31.2 Å². The Balaban J connectivity index is 1.73. The molecule has 1 fully saturated rings. The highest BCUT2D eigenvalue weighted by atomic mass is 35.5. The normalized spacial score (nSPS) is 20.1. The highest BCUT2D eigenvalue weighted by molar-refractivity contribution is 7.99. The minimum absolute atomic E-state index is 0.184. The van der Waals surface area contributed by atoms with E-state index in [1.54, 1.807) is 0 Å². The van der Waals surface area contributed by atoms with Gasteiger partial charge in [0.05, 0.1) is 12.7 Å². The van der Waals surface area contributed by atoms with E-state index in [-0.39, 0.29) is 6.10 Å². The highest BCUT2D eigenvalue weighted by Gasteiger charge is 2.24. The summed E-state index contributed by atoms with van der Waals surface area (Å²) in [7, 11) is 0. The maximum absolute atomic E-state index is 6.47. The minimum atomic E-state index is 0.184. The number of thioether (sulfide) groups is 1. The van der Waals surface area contributed by atoms with Gasteiger partial charge < -0.3 is 9.47 Å². The van der Waals surface area contributed by atoms with Gasteiger partial charge in [-0.15, -0.1) is 11.8 Å². The summed E-state index contributed by atoms with van der Waals surface area (Å²) in [5.41, 5.74) is 3.96. The van der Waals surface area contributed by atoms with E-state index in [1.807, 2.05) is 36.9 Å². The first-order valence-electron chi connectivity index (χ1n) is 9.46. The zero-order valence-electron chi connectivity index (χ0n) is 15.5. The van der Waals surface area contributed by atoms with Crippen LogP contribution in [0.1, 0.15) is 55.9 Å². The third-order valence-electron chi connectivity index (χ3n) is 4.65. The summed E-state index contributed by atoms with van der Waals surface area (Å²) in [6, 6.07) is 14.6. The Kier molecular flexibility index (Phi) is 7.30. The van der Waals surface area contributed by atoms with Crippen molar-refractivity contribution >= 4 is 23.4 Å². The molecular formula is C22H27ClO2S. The Morgan fingerprint density at radius 2 is 1.92 bits per heavy atom. The van der Waals surface area contributed by atoms with Gasteiger partial charge in [0.15, 0.2) is 0 Å². The second-order valence-electron chi connectivity index (χ2n) is 6.55. The van der Waals surface area contributed by atoms with Crippen molar-refractivity contribution in [1.82, 2.24) is 0 Å². The lowest BCUT2D eigenvalue weighted by atomic mass is 9.97. The molecule has 0 amide bonds. The molecule has 2 unspecified atom stereocenters. The van der Waals surface area contributed by atoms with Crippen molar-refractivity contribution in [3.05, 3.63) is 64.2 Å². The molecule has 0 saturated carbocycles. The molecule has 0 radical (unpaired) electrons. The van der Waals surface area contributed by atoms with Crippen LogP contribution in [0.15, 0.2) is 42.5 Å². The molecular weight excluding hydrogens is 364 g/mol. The van der Waals surface area contributed by atoms with Gasteiger partial charge in [0.25, 0.3) is 0 Å². The van der Waals surface area contributed by atoms with Gasteiger partial charge in [-0.25, -0.2) is 0 Å². The molecule has 1 aliphatic rings. The van der Waals surface area contributed by atoms with E-state index in [4.69, 9.17) is 21.1 Å². The van der Waals surface area contributed by atoms with Gasteiger partial charge in [0.2, 0.25) is 0 Å². The number of hydrogen-bond acceptors (Lipinski definition) is 3. The van der Waals surface area contributed by atoms with Crippen LogP contribution in [-0.4, -0.2) is 17.8 Å². The summed E-state index contributed by atoms with van der Waals surface area (Å²) in [6.07, 6.45) is 4.47. The summed E-state index contributed by atoms with van der Waals surface area (Å²) < 4.78 is 11.8. The van der Waals surface area contributed by atoms with Crippen LogP contribution in [0.4, 0.5) is 0 Å². The van der Waals surface area contributed by atoms with Crippen LogP contribution in [0.2, 0.25) is 5.02 Å². The fourth-order valence-electron chi connectivity index (χ4n) is 3.36.